The standard InChI is InChI=1S/C15H28N4O2/c1-7-17-10-12(2)19-9-8-18(11-13(19)16-6)14(20)21-15(3,4)5/h7,12,17H,1,8-11H2,2-6H3. The smallest absolute Gasteiger partial charge is 0.410 e. The molecule has 1 atom stereocenters. The first-order valence-corrected chi connectivity index (χ1v) is 7.33. The quantitative estimate of drug-likeness (QED) is 0.858. The van der Waals surface area contributed by atoms with E-state index < -0.39 is 5.60 Å². The first-order chi connectivity index (χ1) is 9.78. The summed E-state index contributed by atoms with van der Waals surface area (Å²) in [5.41, 5.74) is -0.473. The van der Waals surface area contributed by atoms with Crippen LogP contribution in [0.5, 0.6) is 0 Å². The molecule has 1 unspecified atom stereocenters. The van der Waals surface area contributed by atoms with E-state index in [1.807, 2.05) is 20.8 Å². The molecule has 0 bridgehead atoms. The summed E-state index contributed by atoms with van der Waals surface area (Å²) in [4.78, 5) is 20.4. The number of carbonyl (C=O) groups excluding carboxylic acids is 1. The van der Waals surface area contributed by atoms with Crippen molar-refractivity contribution in [3.8, 4) is 0 Å². The van der Waals surface area contributed by atoms with Gasteiger partial charge in [0.05, 0.1) is 6.54 Å². The van der Waals surface area contributed by atoms with Crippen LogP contribution in [-0.2, 0) is 4.74 Å². The van der Waals surface area contributed by atoms with Gasteiger partial charge in [-0.1, -0.05) is 6.58 Å². The lowest BCUT2D eigenvalue weighted by atomic mass is 10.2. The van der Waals surface area contributed by atoms with Gasteiger partial charge in [-0.05, 0) is 33.9 Å². The molecule has 1 N–H and O–H groups in total. The summed E-state index contributed by atoms with van der Waals surface area (Å²) < 4.78 is 5.42. The molecule has 0 aromatic heterocycles. The molecule has 1 heterocycles. The second kappa shape index (κ2) is 7.33. The molecule has 1 aliphatic heterocycles. The number of nitrogens with one attached hydrogen (secondary N) is 1. The van der Waals surface area contributed by atoms with Crippen LogP contribution in [0.15, 0.2) is 17.8 Å². The number of ether oxygens (including phenoxy) is 1. The maximum Gasteiger partial charge on any atom is 0.410 e. The fourth-order valence-electron chi connectivity index (χ4n) is 2.22. The molecular weight excluding hydrogens is 268 g/mol. The zero-order valence-electron chi connectivity index (χ0n) is 13.8. The molecule has 0 aromatic rings. The monoisotopic (exact) mass is 296 g/mol. The lowest BCUT2D eigenvalue weighted by Crippen LogP contribution is -2.57. The van der Waals surface area contributed by atoms with Crippen molar-refractivity contribution in [3.05, 3.63) is 12.8 Å². The SMILES string of the molecule is C=CNCC(C)N1CCN(C(=O)OC(C)(C)C)CC1=NC. The maximum atomic E-state index is 12.1. The van der Waals surface area contributed by atoms with Crippen molar-refractivity contribution in [2.75, 3.05) is 33.2 Å². The van der Waals surface area contributed by atoms with E-state index in [0.29, 0.717) is 19.1 Å². The topological polar surface area (TPSA) is 57.2 Å². The predicted octanol–water partition coefficient (Wildman–Crippen LogP) is 1.69. The maximum absolute atomic E-state index is 12.1. The highest BCUT2D eigenvalue weighted by atomic mass is 16.6. The van der Waals surface area contributed by atoms with E-state index in [4.69, 9.17) is 4.74 Å². The third-order valence-electron chi connectivity index (χ3n) is 3.27. The van der Waals surface area contributed by atoms with Gasteiger partial charge in [0.2, 0.25) is 0 Å². The minimum absolute atomic E-state index is 0.278. The molecule has 1 saturated heterocycles. The molecule has 120 valence electrons. The van der Waals surface area contributed by atoms with Crippen LogP contribution >= 0.6 is 0 Å². The lowest BCUT2D eigenvalue weighted by molar-refractivity contribution is 0.0234. The third-order valence-corrected chi connectivity index (χ3v) is 3.27. The van der Waals surface area contributed by atoms with Crippen LogP contribution in [0.2, 0.25) is 0 Å². The summed E-state index contributed by atoms with van der Waals surface area (Å²) in [6, 6.07) is 0.294. The summed E-state index contributed by atoms with van der Waals surface area (Å²) in [7, 11) is 1.76. The number of aliphatic imine (C=N–C) groups is 1. The molecule has 0 aliphatic carbocycles. The van der Waals surface area contributed by atoms with Crippen molar-refractivity contribution in [1.29, 1.82) is 0 Å². The van der Waals surface area contributed by atoms with Gasteiger partial charge in [-0.2, -0.15) is 0 Å². The Balaban J connectivity index is 2.65. The van der Waals surface area contributed by atoms with Crippen molar-refractivity contribution in [2.45, 2.75) is 39.3 Å². The number of carbonyl (C=O) groups is 1. The number of amides is 1. The summed E-state index contributed by atoms with van der Waals surface area (Å²) in [6.45, 7) is 14.1. The molecule has 6 nitrogen and oxygen atoms in total. The van der Waals surface area contributed by atoms with E-state index in [1.165, 1.54) is 0 Å². The number of hydrogen-bond donors (Lipinski definition) is 1. The minimum atomic E-state index is -0.473. The van der Waals surface area contributed by atoms with E-state index in [9.17, 15) is 4.79 Å². The fourth-order valence-corrected chi connectivity index (χ4v) is 2.22. The Morgan fingerprint density at radius 1 is 1.52 bits per heavy atom. The molecule has 1 amide bonds. The Morgan fingerprint density at radius 2 is 2.19 bits per heavy atom. The van der Waals surface area contributed by atoms with Gasteiger partial charge in [0.15, 0.2) is 0 Å². The molecule has 0 aromatic carbocycles. The molecule has 1 aliphatic rings. The number of amidine groups is 1. The fraction of sp³-hybridized carbons (Fsp3) is 0.733. The molecule has 0 radical (unpaired) electrons. The van der Waals surface area contributed by atoms with Crippen LogP contribution in [0.1, 0.15) is 27.7 Å². The largest absolute Gasteiger partial charge is 0.444 e. The van der Waals surface area contributed by atoms with E-state index >= 15 is 0 Å². The molecule has 1 fully saturated rings. The first-order valence-electron chi connectivity index (χ1n) is 7.33. The van der Waals surface area contributed by atoms with E-state index in [0.717, 1.165) is 18.9 Å². The van der Waals surface area contributed by atoms with Crippen molar-refractivity contribution < 1.29 is 9.53 Å². The zero-order valence-corrected chi connectivity index (χ0v) is 13.8. The van der Waals surface area contributed by atoms with Crippen LogP contribution in [0, 0.1) is 0 Å². The van der Waals surface area contributed by atoms with Crippen molar-refractivity contribution in [1.82, 2.24) is 15.1 Å². The average molecular weight is 296 g/mol. The van der Waals surface area contributed by atoms with Gasteiger partial charge in [-0.25, -0.2) is 4.79 Å². The summed E-state index contributed by atoms with van der Waals surface area (Å²) >= 11 is 0. The predicted molar refractivity (Wildman–Crippen MR) is 85.5 cm³/mol. The summed E-state index contributed by atoms with van der Waals surface area (Å²) in [5, 5.41) is 3.12. The highest BCUT2D eigenvalue weighted by Crippen LogP contribution is 2.14. The molecule has 0 spiro atoms. The van der Waals surface area contributed by atoms with Crippen LogP contribution in [0.3, 0.4) is 0 Å². The van der Waals surface area contributed by atoms with Crippen LogP contribution < -0.4 is 5.32 Å². The van der Waals surface area contributed by atoms with Gasteiger partial charge in [0.1, 0.15) is 11.4 Å². The van der Waals surface area contributed by atoms with Gasteiger partial charge >= 0.3 is 6.09 Å². The summed E-state index contributed by atoms with van der Waals surface area (Å²) in [5.74, 6) is 0.908. The zero-order chi connectivity index (χ0) is 16.0. The van der Waals surface area contributed by atoms with Gasteiger partial charge < -0.3 is 15.0 Å². The second-order valence-corrected chi connectivity index (χ2v) is 6.20. The number of hydrogen-bond acceptors (Lipinski definition) is 4. The van der Waals surface area contributed by atoms with Crippen LogP contribution in [-0.4, -0.2) is 66.6 Å². The molecular formula is C15H28N4O2. The Kier molecular flexibility index (Phi) is 6.05. The first kappa shape index (κ1) is 17.3. The Morgan fingerprint density at radius 3 is 2.71 bits per heavy atom. The summed E-state index contributed by atoms with van der Waals surface area (Å²) in [6.07, 6.45) is 1.41. The Bertz CT molecular complexity index is 401. The van der Waals surface area contributed by atoms with Crippen LogP contribution in [0.4, 0.5) is 4.79 Å². The van der Waals surface area contributed by atoms with Crippen molar-refractivity contribution in [3.63, 3.8) is 0 Å². The average Bonchev–Trinajstić information content (AvgIpc) is 2.42. The van der Waals surface area contributed by atoms with E-state index in [1.54, 1.807) is 18.1 Å². The Hall–Kier alpha value is -1.72. The number of rotatable bonds is 4. The van der Waals surface area contributed by atoms with E-state index in [-0.39, 0.29) is 6.09 Å². The van der Waals surface area contributed by atoms with Gasteiger partial charge in [0.25, 0.3) is 0 Å². The lowest BCUT2D eigenvalue weighted by Gasteiger charge is -2.40. The van der Waals surface area contributed by atoms with Gasteiger partial charge in [-0.3, -0.25) is 9.89 Å². The molecule has 1 rings (SSSR count). The minimum Gasteiger partial charge on any atom is -0.444 e. The van der Waals surface area contributed by atoms with Gasteiger partial charge in [-0.15, -0.1) is 0 Å². The highest BCUT2D eigenvalue weighted by molar-refractivity contribution is 5.88. The molecule has 21 heavy (non-hydrogen) atoms. The van der Waals surface area contributed by atoms with Crippen LogP contribution in [0.25, 0.3) is 0 Å². The Labute approximate surface area is 127 Å². The van der Waals surface area contributed by atoms with Gasteiger partial charge in [0, 0.05) is 32.7 Å². The van der Waals surface area contributed by atoms with E-state index in [2.05, 4.69) is 28.7 Å². The number of piperazine rings is 1. The van der Waals surface area contributed by atoms with Crippen molar-refractivity contribution >= 4 is 11.9 Å². The normalized spacial score (nSPS) is 19.4. The third kappa shape index (κ3) is 5.28. The molecule has 0 saturated carbocycles. The number of nitrogens with zero attached hydrogens (tertiary/aromatic N) is 3. The highest BCUT2D eigenvalue weighted by Gasteiger charge is 2.30. The second-order valence-electron chi connectivity index (χ2n) is 6.20. The molecule has 6 heteroatoms. The van der Waals surface area contributed by atoms with Crippen molar-refractivity contribution in [2.24, 2.45) is 4.99 Å².